The predicted molar refractivity (Wildman–Crippen MR) is 122 cm³/mol. The molecule has 2 heterocycles. The molecule has 1 N–H and O–H groups in total. The summed E-state index contributed by atoms with van der Waals surface area (Å²) in [6, 6.07) is 4.23. The number of pyridine rings is 1. The molecule has 0 aliphatic heterocycles. The molecule has 0 spiro atoms. The summed E-state index contributed by atoms with van der Waals surface area (Å²) >= 11 is 0. The van der Waals surface area contributed by atoms with Crippen molar-refractivity contribution in [2.24, 2.45) is 0 Å². The van der Waals surface area contributed by atoms with Crippen molar-refractivity contribution in [2.45, 2.75) is 66.2 Å². The molecule has 160 valence electrons. The Labute approximate surface area is 176 Å². The van der Waals surface area contributed by atoms with Crippen LogP contribution in [0.3, 0.4) is 0 Å². The molecule has 0 fully saturated rings. The lowest BCUT2D eigenvalue weighted by Gasteiger charge is -2.22. The van der Waals surface area contributed by atoms with Crippen LogP contribution in [0, 0.1) is 0 Å². The summed E-state index contributed by atoms with van der Waals surface area (Å²) in [6.07, 6.45) is 4.12. The molecule has 0 saturated heterocycles. The van der Waals surface area contributed by atoms with E-state index in [1.165, 1.54) is 6.42 Å². The number of nitrogens with one attached hydrogen (secondary N) is 1. The van der Waals surface area contributed by atoms with Gasteiger partial charge in [-0.15, -0.1) is 0 Å². The first kappa shape index (κ1) is 22.9. The highest BCUT2D eigenvalue weighted by Gasteiger charge is 2.20. The summed E-state index contributed by atoms with van der Waals surface area (Å²) < 4.78 is 5.95. The zero-order valence-corrected chi connectivity index (χ0v) is 19.2. The van der Waals surface area contributed by atoms with Crippen LogP contribution < -0.4 is 15.0 Å². The van der Waals surface area contributed by atoms with Gasteiger partial charge in [0, 0.05) is 31.9 Å². The lowest BCUT2D eigenvalue weighted by atomic mass is 10.0. The van der Waals surface area contributed by atoms with E-state index in [0.717, 1.165) is 54.3 Å². The van der Waals surface area contributed by atoms with Crippen LogP contribution in [0.25, 0.3) is 11.3 Å². The number of rotatable bonds is 11. The fourth-order valence-corrected chi connectivity index (χ4v) is 3.11. The highest BCUT2D eigenvalue weighted by atomic mass is 16.5. The highest BCUT2D eigenvalue weighted by molar-refractivity contribution is 5.76. The highest BCUT2D eigenvalue weighted by Crippen LogP contribution is 2.34. The summed E-state index contributed by atoms with van der Waals surface area (Å²) in [4.78, 5) is 16.9. The molecule has 0 aliphatic carbocycles. The fourth-order valence-electron chi connectivity index (χ4n) is 3.11. The van der Waals surface area contributed by atoms with Gasteiger partial charge in [-0.2, -0.15) is 0 Å². The Balaban J connectivity index is 2.53. The minimum atomic E-state index is 0.372. The van der Waals surface area contributed by atoms with Crippen LogP contribution in [-0.4, -0.2) is 42.2 Å². The van der Waals surface area contributed by atoms with E-state index in [1.807, 2.05) is 7.05 Å². The van der Waals surface area contributed by atoms with E-state index < -0.39 is 0 Å². The van der Waals surface area contributed by atoms with Crippen LogP contribution in [0.15, 0.2) is 12.1 Å². The van der Waals surface area contributed by atoms with Crippen molar-refractivity contribution < 1.29 is 4.74 Å². The zero-order chi connectivity index (χ0) is 21.4. The predicted octanol–water partition coefficient (Wildman–Crippen LogP) is 5.29. The lowest BCUT2D eigenvalue weighted by Crippen LogP contribution is -2.19. The standard InChI is InChI=1S/C23H37N5O/c1-8-11-12-15-29-23-21(24-6)27-20(18(9-2)26-23)17-13-14-19(16(4)5)25-22(17)28(7)10-3/h13-14,16H,8-12,15H2,1-7H3,(H,24,27). The topological polar surface area (TPSA) is 63.2 Å². The van der Waals surface area contributed by atoms with E-state index in [-0.39, 0.29) is 0 Å². The van der Waals surface area contributed by atoms with Crippen molar-refractivity contribution in [1.82, 2.24) is 15.0 Å². The average Bonchev–Trinajstić information content (AvgIpc) is 2.75. The SMILES string of the molecule is CCCCCOc1nc(CC)c(-c2ccc(C(C)C)nc2N(C)CC)nc1NC. The Hall–Kier alpha value is -2.37. The van der Waals surface area contributed by atoms with Gasteiger partial charge in [-0.1, -0.05) is 40.5 Å². The van der Waals surface area contributed by atoms with Crippen LogP contribution in [0.1, 0.15) is 71.2 Å². The smallest absolute Gasteiger partial charge is 0.257 e. The van der Waals surface area contributed by atoms with E-state index in [2.05, 4.69) is 64.0 Å². The molecule has 0 saturated carbocycles. The van der Waals surface area contributed by atoms with Gasteiger partial charge in [0.25, 0.3) is 5.88 Å². The largest absolute Gasteiger partial charge is 0.475 e. The van der Waals surface area contributed by atoms with Gasteiger partial charge >= 0.3 is 0 Å². The second-order valence-corrected chi connectivity index (χ2v) is 7.61. The van der Waals surface area contributed by atoms with E-state index in [9.17, 15) is 0 Å². The van der Waals surface area contributed by atoms with E-state index >= 15 is 0 Å². The Morgan fingerprint density at radius 3 is 2.41 bits per heavy atom. The summed E-state index contributed by atoms with van der Waals surface area (Å²) in [6.45, 7) is 12.3. The molecule has 2 aromatic rings. The Kier molecular flexibility index (Phi) is 8.68. The van der Waals surface area contributed by atoms with Crippen molar-refractivity contribution in [3.63, 3.8) is 0 Å². The molecule has 0 aromatic carbocycles. The average molecular weight is 400 g/mol. The van der Waals surface area contributed by atoms with Crippen LogP contribution in [0.2, 0.25) is 0 Å². The van der Waals surface area contributed by atoms with Crippen LogP contribution in [-0.2, 0) is 6.42 Å². The van der Waals surface area contributed by atoms with Gasteiger partial charge in [0.1, 0.15) is 5.82 Å². The molecule has 0 amide bonds. The first-order chi connectivity index (χ1) is 14.0. The maximum atomic E-state index is 5.95. The summed E-state index contributed by atoms with van der Waals surface area (Å²) in [5, 5.41) is 3.16. The first-order valence-electron chi connectivity index (χ1n) is 10.9. The molecular formula is C23H37N5O. The number of aryl methyl sites for hydroxylation is 1. The molecule has 29 heavy (non-hydrogen) atoms. The summed E-state index contributed by atoms with van der Waals surface area (Å²) in [7, 11) is 3.93. The molecule has 2 aromatic heterocycles. The molecule has 6 nitrogen and oxygen atoms in total. The second-order valence-electron chi connectivity index (χ2n) is 7.61. The number of nitrogens with zero attached hydrogens (tertiary/aromatic N) is 4. The minimum Gasteiger partial charge on any atom is -0.475 e. The van der Waals surface area contributed by atoms with Gasteiger partial charge in [-0.05, 0) is 37.8 Å². The normalized spacial score (nSPS) is 11.0. The van der Waals surface area contributed by atoms with Gasteiger partial charge < -0.3 is 15.0 Å². The van der Waals surface area contributed by atoms with Crippen molar-refractivity contribution in [3.8, 4) is 17.1 Å². The molecule has 0 unspecified atom stereocenters. The molecule has 0 atom stereocenters. The van der Waals surface area contributed by atoms with E-state index in [0.29, 0.717) is 24.2 Å². The van der Waals surface area contributed by atoms with Crippen LogP contribution >= 0.6 is 0 Å². The lowest BCUT2D eigenvalue weighted by molar-refractivity contribution is 0.294. The van der Waals surface area contributed by atoms with Crippen molar-refractivity contribution in [1.29, 1.82) is 0 Å². The van der Waals surface area contributed by atoms with Gasteiger partial charge in [0.05, 0.1) is 18.0 Å². The third kappa shape index (κ3) is 5.58. The first-order valence-corrected chi connectivity index (χ1v) is 10.9. The Morgan fingerprint density at radius 1 is 1.07 bits per heavy atom. The van der Waals surface area contributed by atoms with Gasteiger partial charge in [0.15, 0.2) is 5.82 Å². The number of hydrogen-bond donors (Lipinski definition) is 1. The van der Waals surface area contributed by atoms with Gasteiger partial charge in [0.2, 0.25) is 0 Å². The summed E-state index contributed by atoms with van der Waals surface area (Å²) in [5.41, 5.74) is 3.90. The summed E-state index contributed by atoms with van der Waals surface area (Å²) in [5.74, 6) is 2.58. The minimum absolute atomic E-state index is 0.372. The van der Waals surface area contributed by atoms with Gasteiger partial charge in [-0.3, -0.25) is 0 Å². The Bertz CT molecular complexity index is 791. The van der Waals surface area contributed by atoms with Crippen molar-refractivity contribution >= 4 is 11.6 Å². The molecule has 6 heteroatoms. The monoisotopic (exact) mass is 399 g/mol. The molecule has 0 bridgehead atoms. The number of anilines is 2. The number of ether oxygens (including phenoxy) is 1. The van der Waals surface area contributed by atoms with Crippen molar-refractivity contribution in [3.05, 3.63) is 23.5 Å². The molecular weight excluding hydrogens is 362 g/mol. The van der Waals surface area contributed by atoms with E-state index in [4.69, 9.17) is 19.7 Å². The van der Waals surface area contributed by atoms with Gasteiger partial charge in [-0.25, -0.2) is 15.0 Å². The quantitative estimate of drug-likeness (QED) is 0.518. The zero-order valence-electron chi connectivity index (χ0n) is 19.2. The third-order valence-electron chi connectivity index (χ3n) is 5.07. The van der Waals surface area contributed by atoms with E-state index in [1.54, 1.807) is 0 Å². The Morgan fingerprint density at radius 2 is 1.83 bits per heavy atom. The van der Waals surface area contributed by atoms with Crippen molar-refractivity contribution in [2.75, 3.05) is 37.5 Å². The van der Waals surface area contributed by atoms with Crippen LogP contribution in [0.5, 0.6) is 5.88 Å². The number of hydrogen-bond acceptors (Lipinski definition) is 6. The maximum Gasteiger partial charge on any atom is 0.257 e. The fraction of sp³-hybridized carbons (Fsp3) is 0.609. The molecule has 2 rings (SSSR count). The molecule has 0 radical (unpaired) electrons. The molecule has 0 aliphatic rings. The number of aromatic nitrogens is 3. The maximum absolute atomic E-state index is 5.95. The number of unbranched alkanes of at least 4 members (excludes halogenated alkanes) is 2. The second kappa shape index (κ2) is 11.0. The van der Waals surface area contributed by atoms with Crippen LogP contribution in [0.4, 0.5) is 11.6 Å². The third-order valence-corrected chi connectivity index (χ3v) is 5.07.